The van der Waals surface area contributed by atoms with E-state index in [9.17, 15) is 14.4 Å². The van der Waals surface area contributed by atoms with Crippen molar-refractivity contribution in [1.82, 2.24) is 0 Å². The summed E-state index contributed by atoms with van der Waals surface area (Å²) in [7, 11) is 0. The van der Waals surface area contributed by atoms with Gasteiger partial charge in [-0.15, -0.1) is 0 Å². The van der Waals surface area contributed by atoms with Gasteiger partial charge in [0.1, 0.15) is 5.78 Å². The van der Waals surface area contributed by atoms with E-state index in [0.717, 1.165) is 19.3 Å². The fraction of sp³-hybridized carbons (Fsp3) is 0.786. The number of unbranched alkanes of at least 4 members (excludes halogenated alkanes) is 6. The summed E-state index contributed by atoms with van der Waals surface area (Å²) in [5.74, 6) is -2.32. The van der Waals surface area contributed by atoms with E-state index >= 15 is 0 Å². The van der Waals surface area contributed by atoms with E-state index in [0.29, 0.717) is 6.42 Å². The number of rotatable bonds is 12. The van der Waals surface area contributed by atoms with Crippen molar-refractivity contribution in [3.05, 3.63) is 0 Å². The molecule has 4 nitrogen and oxygen atoms in total. The summed E-state index contributed by atoms with van der Waals surface area (Å²) in [5.41, 5.74) is 0. The van der Waals surface area contributed by atoms with Gasteiger partial charge in [0.2, 0.25) is 5.78 Å². The Morgan fingerprint density at radius 1 is 0.778 bits per heavy atom. The average molecular weight is 256 g/mol. The maximum absolute atomic E-state index is 11.4. The Kier molecular flexibility index (Phi) is 10.2. The highest BCUT2D eigenvalue weighted by atomic mass is 16.4. The molecule has 0 aliphatic heterocycles. The molecule has 0 rings (SSSR count). The van der Waals surface area contributed by atoms with E-state index in [1.807, 2.05) is 0 Å². The minimum Gasteiger partial charge on any atom is -0.476 e. The largest absolute Gasteiger partial charge is 0.476 e. The molecule has 0 saturated carbocycles. The SMILES string of the molecule is CCCCCCCCCC(=O)CCC(=O)C(=O)O. The first-order valence-corrected chi connectivity index (χ1v) is 6.85. The first-order valence-electron chi connectivity index (χ1n) is 6.85. The molecule has 104 valence electrons. The summed E-state index contributed by atoms with van der Waals surface area (Å²) >= 11 is 0. The topological polar surface area (TPSA) is 71.4 Å². The molecular weight excluding hydrogens is 232 g/mol. The zero-order valence-corrected chi connectivity index (χ0v) is 11.2. The Hall–Kier alpha value is -1.19. The van der Waals surface area contributed by atoms with Gasteiger partial charge in [-0.05, 0) is 6.42 Å². The van der Waals surface area contributed by atoms with Crippen LogP contribution >= 0.6 is 0 Å². The van der Waals surface area contributed by atoms with Crippen molar-refractivity contribution in [1.29, 1.82) is 0 Å². The van der Waals surface area contributed by atoms with Gasteiger partial charge in [0.25, 0.3) is 0 Å². The summed E-state index contributed by atoms with van der Waals surface area (Å²) in [6, 6.07) is 0. The molecule has 0 aromatic heterocycles. The van der Waals surface area contributed by atoms with E-state index in [4.69, 9.17) is 5.11 Å². The van der Waals surface area contributed by atoms with Crippen molar-refractivity contribution in [2.24, 2.45) is 0 Å². The molecule has 0 radical (unpaired) electrons. The lowest BCUT2D eigenvalue weighted by Gasteiger charge is -2.01. The third kappa shape index (κ3) is 10.00. The average Bonchev–Trinajstić information content (AvgIpc) is 2.34. The highest BCUT2D eigenvalue weighted by Crippen LogP contribution is 2.09. The Balaban J connectivity index is 3.37. The summed E-state index contributed by atoms with van der Waals surface area (Å²) in [6.45, 7) is 2.18. The lowest BCUT2D eigenvalue weighted by Crippen LogP contribution is -2.13. The molecule has 18 heavy (non-hydrogen) atoms. The molecular formula is C14H24O4. The summed E-state index contributed by atoms with van der Waals surface area (Å²) in [6.07, 6.45) is 8.42. The monoisotopic (exact) mass is 256 g/mol. The normalized spacial score (nSPS) is 10.3. The number of hydrogen-bond acceptors (Lipinski definition) is 3. The van der Waals surface area contributed by atoms with Crippen LogP contribution in [0.5, 0.6) is 0 Å². The third-order valence-electron chi connectivity index (χ3n) is 2.93. The molecule has 0 aromatic carbocycles. The van der Waals surface area contributed by atoms with Gasteiger partial charge < -0.3 is 5.11 Å². The van der Waals surface area contributed by atoms with Crippen LogP contribution in [0, 0.1) is 0 Å². The number of carbonyl (C=O) groups excluding carboxylic acids is 2. The summed E-state index contributed by atoms with van der Waals surface area (Å²) in [4.78, 5) is 32.4. The van der Waals surface area contributed by atoms with Gasteiger partial charge >= 0.3 is 5.97 Å². The number of carboxylic acids is 1. The van der Waals surface area contributed by atoms with E-state index in [1.54, 1.807) is 0 Å². The first kappa shape index (κ1) is 16.8. The molecule has 4 heteroatoms. The predicted molar refractivity (Wildman–Crippen MR) is 69.5 cm³/mol. The lowest BCUT2D eigenvalue weighted by atomic mass is 10.0. The highest BCUT2D eigenvalue weighted by Gasteiger charge is 2.13. The van der Waals surface area contributed by atoms with Crippen molar-refractivity contribution >= 4 is 17.5 Å². The minimum absolute atomic E-state index is 0.00171. The van der Waals surface area contributed by atoms with Crippen molar-refractivity contribution in [3.8, 4) is 0 Å². The predicted octanol–water partition coefficient (Wildman–Crippen LogP) is 3.13. The Morgan fingerprint density at radius 2 is 1.33 bits per heavy atom. The number of carboxylic acid groups (broad SMARTS) is 1. The summed E-state index contributed by atoms with van der Waals surface area (Å²) in [5, 5.41) is 8.35. The maximum Gasteiger partial charge on any atom is 0.372 e. The van der Waals surface area contributed by atoms with E-state index < -0.39 is 11.8 Å². The zero-order chi connectivity index (χ0) is 13.8. The highest BCUT2D eigenvalue weighted by molar-refractivity contribution is 6.32. The molecule has 0 atom stereocenters. The fourth-order valence-corrected chi connectivity index (χ4v) is 1.76. The standard InChI is InChI=1S/C14H24O4/c1-2-3-4-5-6-7-8-9-12(15)10-11-13(16)14(17)18/h2-11H2,1H3,(H,17,18). The minimum atomic E-state index is -1.45. The van der Waals surface area contributed by atoms with Crippen molar-refractivity contribution in [3.63, 3.8) is 0 Å². The number of hydrogen-bond donors (Lipinski definition) is 1. The van der Waals surface area contributed by atoms with E-state index in [-0.39, 0.29) is 18.6 Å². The number of Topliss-reactive ketones (excluding diaryl/α,β-unsaturated/α-hetero) is 2. The van der Waals surface area contributed by atoms with Gasteiger partial charge in [-0.1, -0.05) is 45.4 Å². The fourth-order valence-electron chi connectivity index (χ4n) is 1.76. The van der Waals surface area contributed by atoms with Crippen LogP contribution in [-0.4, -0.2) is 22.6 Å². The molecule has 0 fully saturated rings. The van der Waals surface area contributed by atoms with E-state index in [1.165, 1.54) is 25.7 Å². The number of carbonyl (C=O) groups is 3. The van der Waals surface area contributed by atoms with Gasteiger partial charge in [-0.2, -0.15) is 0 Å². The molecule has 0 unspecified atom stereocenters. The Morgan fingerprint density at radius 3 is 1.89 bits per heavy atom. The van der Waals surface area contributed by atoms with Crippen LogP contribution in [0.2, 0.25) is 0 Å². The van der Waals surface area contributed by atoms with Crippen LogP contribution in [0.4, 0.5) is 0 Å². The molecule has 0 aliphatic carbocycles. The third-order valence-corrected chi connectivity index (χ3v) is 2.93. The molecule has 0 aliphatic rings. The van der Waals surface area contributed by atoms with Crippen LogP contribution < -0.4 is 0 Å². The summed E-state index contributed by atoms with van der Waals surface area (Å²) < 4.78 is 0. The molecule has 0 amide bonds. The first-order chi connectivity index (χ1) is 8.57. The quantitative estimate of drug-likeness (QED) is 0.430. The van der Waals surface area contributed by atoms with Crippen LogP contribution in [0.1, 0.15) is 71.1 Å². The second-order valence-electron chi connectivity index (χ2n) is 4.64. The van der Waals surface area contributed by atoms with Crippen LogP contribution in [0.25, 0.3) is 0 Å². The zero-order valence-electron chi connectivity index (χ0n) is 11.2. The number of ketones is 2. The van der Waals surface area contributed by atoms with E-state index in [2.05, 4.69) is 6.92 Å². The molecule has 1 N–H and O–H groups in total. The van der Waals surface area contributed by atoms with Crippen LogP contribution in [-0.2, 0) is 14.4 Å². The van der Waals surface area contributed by atoms with Crippen molar-refractivity contribution in [2.45, 2.75) is 71.1 Å². The lowest BCUT2D eigenvalue weighted by molar-refractivity contribution is -0.149. The van der Waals surface area contributed by atoms with Gasteiger partial charge in [0.15, 0.2) is 0 Å². The van der Waals surface area contributed by atoms with Crippen molar-refractivity contribution in [2.75, 3.05) is 0 Å². The Labute approximate surface area is 109 Å². The van der Waals surface area contributed by atoms with Gasteiger partial charge in [-0.25, -0.2) is 4.79 Å². The van der Waals surface area contributed by atoms with Crippen LogP contribution in [0.15, 0.2) is 0 Å². The van der Waals surface area contributed by atoms with Gasteiger partial charge in [-0.3, -0.25) is 9.59 Å². The molecule has 0 saturated heterocycles. The Bertz CT molecular complexity index is 271. The smallest absolute Gasteiger partial charge is 0.372 e. The van der Waals surface area contributed by atoms with Gasteiger partial charge in [0, 0.05) is 19.3 Å². The molecule has 0 spiro atoms. The molecule has 0 aromatic rings. The molecule has 0 bridgehead atoms. The van der Waals surface area contributed by atoms with Crippen molar-refractivity contribution < 1.29 is 19.5 Å². The second kappa shape index (κ2) is 10.9. The maximum atomic E-state index is 11.4. The number of aliphatic carboxylic acids is 1. The molecule has 0 heterocycles. The van der Waals surface area contributed by atoms with Gasteiger partial charge in [0.05, 0.1) is 0 Å². The van der Waals surface area contributed by atoms with Crippen LogP contribution in [0.3, 0.4) is 0 Å². The second-order valence-corrected chi connectivity index (χ2v) is 4.64.